The highest BCUT2D eigenvalue weighted by molar-refractivity contribution is 6.42. The number of imidazole rings is 1. The van der Waals surface area contributed by atoms with E-state index in [4.69, 9.17) is 23.2 Å². The first-order valence-corrected chi connectivity index (χ1v) is 7.89. The minimum absolute atomic E-state index is 0.130. The van der Waals surface area contributed by atoms with E-state index < -0.39 is 0 Å². The van der Waals surface area contributed by atoms with E-state index in [-0.39, 0.29) is 12.3 Å². The third-order valence-corrected chi connectivity index (χ3v) is 4.41. The zero-order valence-electron chi connectivity index (χ0n) is 12.7. The summed E-state index contributed by atoms with van der Waals surface area (Å²) < 4.78 is 1.96. The molecule has 4 nitrogen and oxygen atoms in total. The summed E-state index contributed by atoms with van der Waals surface area (Å²) in [5, 5.41) is 3.70. The van der Waals surface area contributed by atoms with Crippen molar-refractivity contribution in [1.29, 1.82) is 0 Å². The van der Waals surface area contributed by atoms with E-state index in [0.717, 1.165) is 22.6 Å². The van der Waals surface area contributed by atoms with Gasteiger partial charge in [0.15, 0.2) is 0 Å². The standard InChI is InChI=1S/C17H15Cl2N3O/c1-10-4-3-7-22-15(11(2)20-17(10)22)9-16(23)21-12-5-6-13(18)14(19)8-12/h3-8H,9H2,1-2H3,(H,21,23). The van der Waals surface area contributed by atoms with Crippen molar-refractivity contribution in [3.8, 4) is 0 Å². The van der Waals surface area contributed by atoms with Gasteiger partial charge in [-0.25, -0.2) is 4.98 Å². The minimum Gasteiger partial charge on any atom is -0.326 e. The summed E-state index contributed by atoms with van der Waals surface area (Å²) in [6.07, 6.45) is 2.15. The number of nitrogens with zero attached hydrogens (tertiary/aromatic N) is 2. The largest absolute Gasteiger partial charge is 0.326 e. The Morgan fingerprint density at radius 3 is 2.74 bits per heavy atom. The molecule has 2 aromatic heterocycles. The first-order chi connectivity index (χ1) is 11.0. The lowest BCUT2D eigenvalue weighted by atomic mass is 10.2. The molecule has 2 heterocycles. The second-order valence-electron chi connectivity index (χ2n) is 5.38. The molecule has 0 saturated carbocycles. The van der Waals surface area contributed by atoms with E-state index in [1.807, 2.05) is 36.6 Å². The van der Waals surface area contributed by atoms with Crippen molar-refractivity contribution in [1.82, 2.24) is 9.38 Å². The Kier molecular flexibility index (Phi) is 4.28. The Bertz CT molecular complexity index is 902. The maximum Gasteiger partial charge on any atom is 0.230 e. The van der Waals surface area contributed by atoms with Crippen LogP contribution in [0, 0.1) is 13.8 Å². The van der Waals surface area contributed by atoms with Crippen molar-refractivity contribution in [3.63, 3.8) is 0 Å². The molecule has 0 saturated heterocycles. The van der Waals surface area contributed by atoms with Crippen LogP contribution >= 0.6 is 23.2 Å². The summed E-state index contributed by atoms with van der Waals surface area (Å²) in [6, 6.07) is 8.96. The summed E-state index contributed by atoms with van der Waals surface area (Å²) in [4.78, 5) is 16.9. The third kappa shape index (κ3) is 3.19. The van der Waals surface area contributed by atoms with E-state index in [9.17, 15) is 4.79 Å². The lowest BCUT2D eigenvalue weighted by Crippen LogP contribution is -2.16. The molecular weight excluding hydrogens is 333 g/mol. The van der Waals surface area contributed by atoms with Gasteiger partial charge in [0.1, 0.15) is 5.65 Å². The van der Waals surface area contributed by atoms with Crippen molar-refractivity contribution >= 4 is 40.4 Å². The molecule has 0 radical (unpaired) electrons. The number of aryl methyl sites for hydroxylation is 2. The van der Waals surface area contributed by atoms with Crippen LogP contribution in [0.3, 0.4) is 0 Å². The zero-order valence-corrected chi connectivity index (χ0v) is 14.2. The lowest BCUT2D eigenvalue weighted by Gasteiger charge is -2.07. The molecule has 1 aromatic carbocycles. The van der Waals surface area contributed by atoms with Gasteiger partial charge < -0.3 is 9.72 Å². The molecular formula is C17H15Cl2N3O. The van der Waals surface area contributed by atoms with Crippen LogP contribution in [0.2, 0.25) is 10.0 Å². The molecule has 0 bridgehead atoms. The monoisotopic (exact) mass is 347 g/mol. The molecule has 3 aromatic rings. The van der Waals surface area contributed by atoms with Gasteiger partial charge in [-0.3, -0.25) is 4.79 Å². The number of pyridine rings is 1. The lowest BCUT2D eigenvalue weighted by molar-refractivity contribution is -0.115. The van der Waals surface area contributed by atoms with Gasteiger partial charge in [0.25, 0.3) is 0 Å². The van der Waals surface area contributed by atoms with Gasteiger partial charge in [0.05, 0.1) is 27.9 Å². The summed E-state index contributed by atoms with van der Waals surface area (Å²) in [7, 11) is 0. The molecule has 0 aliphatic heterocycles. The second kappa shape index (κ2) is 6.22. The Morgan fingerprint density at radius 1 is 1.22 bits per heavy atom. The molecule has 23 heavy (non-hydrogen) atoms. The zero-order chi connectivity index (χ0) is 16.6. The molecule has 0 aliphatic rings. The van der Waals surface area contributed by atoms with Crippen LogP contribution < -0.4 is 5.32 Å². The Hall–Kier alpha value is -2.04. The number of nitrogens with one attached hydrogen (secondary N) is 1. The van der Waals surface area contributed by atoms with Crippen molar-refractivity contribution < 1.29 is 4.79 Å². The van der Waals surface area contributed by atoms with Crippen molar-refractivity contribution in [3.05, 3.63) is 63.5 Å². The average molecular weight is 348 g/mol. The summed E-state index contributed by atoms with van der Waals surface area (Å²) >= 11 is 11.8. The van der Waals surface area contributed by atoms with Crippen molar-refractivity contribution in [2.45, 2.75) is 20.3 Å². The highest BCUT2D eigenvalue weighted by Gasteiger charge is 2.14. The van der Waals surface area contributed by atoms with Crippen LogP contribution in [0.5, 0.6) is 0 Å². The quantitative estimate of drug-likeness (QED) is 0.761. The van der Waals surface area contributed by atoms with Crippen LogP contribution in [-0.2, 0) is 11.2 Å². The van der Waals surface area contributed by atoms with E-state index in [0.29, 0.717) is 15.7 Å². The van der Waals surface area contributed by atoms with Crippen LogP contribution in [0.25, 0.3) is 5.65 Å². The molecule has 0 unspecified atom stereocenters. The van der Waals surface area contributed by atoms with Crippen molar-refractivity contribution in [2.24, 2.45) is 0 Å². The fourth-order valence-corrected chi connectivity index (χ4v) is 2.81. The minimum atomic E-state index is -0.130. The number of rotatable bonds is 3. The van der Waals surface area contributed by atoms with Gasteiger partial charge >= 0.3 is 0 Å². The molecule has 0 fully saturated rings. The number of carbonyl (C=O) groups excluding carboxylic acids is 1. The van der Waals surface area contributed by atoms with Gasteiger partial charge in [-0.05, 0) is 43.7 Å². The molecule has 0 spiro atoms. The van der Waals surface area contributed by atoms with Gasteiger partial charge in [0.2, 0.25) is 5.91 Å². The number of carbonyl (C=O) groups is 1. The molecule has 0 aliphatic carbocycles. The number of halogens is 2. The van der Waals surface area contributed by atoms with E-state index in [1.54, 1.807) is 18.2 Å². The van der Waals surface area contributed by atoms with Gasteiger partial charge in [0, 0.05) is 11.9 Å². The van der Waals surface area contributed by atoms with Crippen LogP contribution in [0.1, 0.15) is 17.0 Å². The van der Waals surface area contributed by atoms with Crippen LogP contribution in [0.4, 0.5) is 5.69 Å². The van der Waals surface area contributed by atoms with Gasteiger partial charge in [-0.15, -0.1) is 0 Å². The van der Waals surface area contributed by atoms with Crippen LogP contribution in [-0.4, -0.2) is 15.3 Å². The Morgan fingerprint density at radius 2 is 2.00 bits per heavy atom. The number of fused-ring (bicyclic) bond motifs is 1. The second-order valence-corrected chi connectivity index (χ2v) is 6.20. The van der Waals surface area contributed by atoms with Gasteiger partial charge in [-0.1, -0.05) is 29.3 Å². The van der Waals surface area contributed by atoms with Crippen LogP contribution in [0.15, 0.2) is 36.5 Å². The van der Waals surface area contributed by atoms with E-state index >= 15 is 0 Å². The molecule has 3 rings (SSSR count). The number of amides is 1. The molecule has 118 valence electrons. The number of benzene rings is 1. The topological polar surface area (TPSA) is 46.4 Å². The third-order valence-electron chi connectivity index (χ3n) is 3.68. The normalized spacial score (nSPS) is 11.0. The highest BCUT2D eigenvalue weighted by atomic mass is 35.5. The summed E-state index contributed by atoms with van der Waals surface area (Å²) in [6.45, 7) is 3.91. The summed E-state index contributed by atoms with van der Waals surface area (Å²) in [5.74, 6) is -0.130. The van der Waals surface area contributed by atoms with Crippen molar-refractivity contribution in [2.75, 3.05) is 5.32 Å². The predicted octanol–water partition coefficient (Wildman–Crippen LogP) is 4.44. The molecule has 0 atom stereocenters. The smallest absolute Gasteiger partial charge is 0.230 e. The molecule has 1 amide bonds. The number of anilines is 1. The number of hydrogen-bond donors (Lipinski definition) is 1. The number of aromatic nitrogens is 2. The Balaban J connectivity index is 1.84. The van der Waals surface area contributed by atoms with Gasteiger partial charge in [-0.2, -0.15) is 0 Å². The first-order valence-electron chi connectivity index (χ1n) is 7.14. The predicted molar refractivity (Wildman–Crippen MR) is 93.5 cm³/mol. The summed E-state index contributed by atoms with van der Waals surface area (Å²) in [5.41, 5.74) is 4.30. The fourth-order valence-electron chi connectivity index (χ4n) is 2.51. The first kappa shape index (κ1) is 15.8. The fraction of sp³-hybridized carbons (Fsp3) is 0.176. The van der Waals surface area contributed by atoms with E-state index in [2.05, 4.69) is 10.3 Å². The highest BCUT2D eigenvalue weighted by Crippen LogP contribution is 2.25. The average Bonchev–Trinajstić information content (AvgIpc) is 2.81. The maximum absolute atomic E-state index is 12.3. The van der Waals surface area contributed by atoms with E-state index in [1.165, 1.54) is 0 Å². The maximum atomic E-state index is 12.3. The molecule has 6 heteroatoms. The molecule has 1 N–H and O–H groups in total. The Labute approximate surface area is 144 Å². The SMILES string of the molecule is Cc1nc2c(C)cccn2c1CC(=O)Nc1ccc(Cl)c(Cl)c1. The number of hydrogen-bond acceptors (Lipinski definition) is 2.